The molecule has 22 heavy (non-hydrogen) atoms. The van der Waals surface area contributed by atoms with Gasteiger partial charge in [-0.1, -0.05) is 6.07 Å². The molecule has 2 atom stereocenters. The van der Waals surface area contributed by atoms with Crippen molar-refractivity contribution < 1.29 is 9.47 Å². The summed E-state index contributed by atoms with van der Waals surface area (Å²) in [6.45, 7) is 0. The third kappa shape index (κ3) is 2.23. The molecule has 6 heteroatoms. The Balaban J connectivity index is 2.18. The maximum atomic E-state index is 9.45. The van der Waals surface area contributed by atoms with E-state index in [1.54, 1.807) is 31.6 Å². The van der Waals surface area contributed by atoms with Gasteiger partial charge in [0.15, 0.2) is 0 Å². The quantitative estimate of drug-likeness (QED) is 0.827. The van der Waals surface area contributed by atoms with E-state index in [0.717, 1.165) is 11.1 Å². The number of pyridine rings is 1. The van der Waals surface area contributed by atoms with E-state index in [9.17, 15) is 5.26 Å². The number of hydrogen-bond donors (Lipinski definition) is 2. The summed E-state index contributed by atoms with van der Waals surface area (Å²) in [4.78, 5) is 4.14. The summed E-state index contributed by atoms with van der Waals surface area (Å²) < 4.78 is 10.7. The first-order valence-corrected chi connectivity index (χ1v) is 6.68. The second kappa shape index (κ2) is 5.37. The number of nitrogens with two attached hydrogens (primary N) is 1. The number of hydrogen-bond acceptors (Lipinski definition) is 6. The zero-order valence-electron chi connectivity index (χ0n) is 11.9. The van der Waals surface area contributed by atoms with Gasteiger partial charge in [-0.15, -0.1) is 0 Å². The molecule has 0 aliphatic carbocycles. The number of nitrogens with zero attached hydrogens (tertiary/aromatic N) is 2. The minimum Gasteiger partial charge on any atom is -0.495 e. The van der Waals surface area contributed by atoms with Crippen molar-refractivity contribution in [3.8, 4) is 17.6 Å². The van der Waals surface area contributed by atoms with Crippen LogP contribution in [0.4, 0.5) is 5.69 Å². The molecular weight excluding hydrogens is 280 g/mol. The molecule has 3 N–H and O–H groups in total. The Labute approximate surface area is 127 Å². The van der Waals surface area contributed by atoms with Crippen LogP contribution in [0, 0.1) is 22.7 Å². The van der Waals surface area contributed by atoms with Crippen molar-refractivity contribution in [3.05, 3.63) is 47.8 Å². The molecule has 3 rings (SSSR count). The second-order valence-electron chi connectivity index (χ2n) is 5.01. The molecule has 2 unspecified atom stereocenters. The van der Waals surface area contributed by atoms with Gasteiger partial charge in [-0.2, -0.15) is 5.26 Å². The van der Waals surface area contributed by atoms with E-state index in [0.29, 0.717) is 17.2 Å². The zero-order valence-corrected chi connectivity index (χ0v) is 11.9. The molecule has 0 saturated carbocycles. The number of nitrogen functional groups attached to an aromatic ring is 1. The van der Waals surface area contributed by atoms with Crippen molar-refractivity contribution >= 4 is 11.6 Å². The molecule has 0 saturated heterocycles. The van der Waals surface area contributed by atoms with Crippen LogP contribution < -0.4 is 15.2 Å². The van der Waals surface area contributed by atoms with Crippen LogP contribution in [0.3, 0.4) is 0 Å². The zero-order chi connectivity index (χ0) is 15.7. The fourth-order valence-electron chi connectivity index (χ4n) is 2.63. The van der Waals surface area contributed by atoms with Crippen LogP contribution in [0.1, 0.15) is 17.0 Å². The number of anilines is 1. The third-order valence-corrected chi connectivity index (χ3v) is 3.68. The minimum absolute atomic E-state index is 0.0894. The number of benzene rings is 1. The first-order chi connectivity index (χ1) is 10.6. The van der Waals surface area contributed by atoms with E-state index in [2.05, 4.69) is 11.1 Å². The molecule has 2 heterocycles. The number of methoxy groups -OCH3 is 1. The van der Waals surface area contributed by atoms with Gasteiger partial charge in [0.1, 0.15) is 17.4 Å². The molecule has 110 valence electrons. The Bertz CT molecular complexity index is 782. The Hall–Kier alpha value is -3.07. The average molecular weight is 294 g/mol. The maximum Gasteiger partial charge on any atom is 0.205 e. The van der Waals surface area contributed by atoms with E-state index >= 15 is 0 Å². The number of rotatable bonds is 2. The molecule has 0 spiro atoms. The van der Waals surface area contributed by atoms with Gasteiger partial charge in [0.05, 0.1) is 19.4 Å². The van der Waals surface area contributed by atoms with E-state index in [-0.39, 0.29) is 11.8 Å². The predicted molar refractivity (Wildman–Crippen MR) is 80.9 cm³/mol. The van der Waals surface area contributed by atoms with Crippen molar-refractivity contribution in [2.75, 3.05) is 12.8 Å². The van der Waals surface area contributed by atoms with Gasteiger partial charge in [0.25, 0.3) is 0 Å². The van der Waals surface area contributed by atoms with Crippen molar-refractivity contribution in [2.24, 2.45) is 5.92 Å². The van der Waals surface area contributed by atoms with E-state index in [1.165, 1.54) is 0 Å². The minimum atomic E-state index is -0.718. The summed E-state index contributed by atoms with van der Waals surface area (Å²) in [7, 11) is 1.56. The highest BCUT2D eigenvalue weighted by Crippen LogP contribution is 2.43. The number of nitrogens with one attached hydrogen (secondary N) is 1. The van der Waals surface area contributed by atoms with Gasteiger partial charge in [0.2, 0.25) is 5.90 Å². The van der Waals surface area contributed by atoms with Crippen molar-refractivity contribution in [2.45, 2.75) is 5.92 Å². The van der Waals surface area contributed by atoms with Crippen LogP contribution in [-0.2, 0) is 0 Å². The fraction of sp³-hybridized carbons (Fsp3) is 0.188. The molecule has 6 nitrogen and oxygen atoms in total. The Morgan fingerprint density at radius 1 is 1.36 bits per heavy atom. The topological polar surface area (TPSA) is 105 Å². The van der Waals surface area contributed by atoms with Gasteiger partial charge in [-0.25, -0.2) is 0 Å². The largest absolute Gasteiger partial charge is 0.495 e. The third-order valence-electron chi connectivity index (χ3n) is 3.68. The SMILES string of the molecule is COc1cncc(C2c3ccc(N)cc3OC(=N)C2C#N)c1. The number of fused-ring (bicyclic) bond motifs is 1. The molecule has 1 aromatic carbocycles. The molecule has 0 bridgehead atoms. The normalized spacial score (nSPS) is 19.7. The molecule has 1 aliphatic heterocycles. The maximum absolute atomic E-state index is 9.45. The van der Waals surface area contributed by atoms with E-state index < -0.39 is 5.92 Å². The Morgan fingerprint density at radius 2 is 2.18 bits per heavy atom. The smallest absolute Gasteiger partial charge is 0.205 e. The lowest BCUT2D eigenvalue weighted by molar-refractivity contribution is 0.410. The summed E-state index contributed by atoms with van der Waals surface area (Å²) in [6.07, 6.45) is 3.27. The Morgan fingerprint density at radius 3 is 2.91 bits per heavy atom. The predicted octanol–water partition coefficient (Wildman–Crippen LogP) is 2.31. The monoisotopic (exact) mass is 294 g/mol. The van der Waals surface area contributed by atoms with Crippen molar-refractivity contribution in [1.29, 1.82) is 10.7 Å². The summed E-state index contributed by atoms with van der Waals surface area (Å²) >= 11 is 0. The lowest BCUT2D eigenvalue weighted by atomic mass is 9.79. The number of ether oxygens (including phenoxy) is 2. The van der Waals surface area contributed by atoms with Crippen LogP contribution in [0.25, 0.3) is 0 Å². The number of aromatic nitrogens is 1. The lowest BCUT2D eigenvalue weighted by Gasteiger charge is -2.30. The van der Waals surface area contributed by atoms with Crippen LogP contribution in [0.2, 0.25) is 0 Å². The van der Waals surface area contributed by atoms with Gasteiger partial charge in [0, 0.05) is 29.4 Å². The number of nitriles is 1. The van der Waals surface area contributed by atoms with Crippen LogP contribution in [0.15, 0.2) is 36.7 Å². The van der Waals surface area contributed by atoms with Crippen molar-refractivity contribution in [1.82, 2.24) is 4.98 Å². The van der Waals surface area contributed by atoms with Crippen LogP contribution in [0.5, 0.6) is 11.5 Å². The highest BCUT2D eigenvalue weighted by atomic mass is 16.5. The first-order valence-electron chi connectivity index (χ1n) is 6.68. The molecule has 1 aliphatic rings. The van der Waals surface area contributed by atoms with E-state index in [4.69, 9.17) is 20.6 Å². The summed E-state index contributed by atoms with van der Waals surface area (Å²) in [6, 6.07) is 9.21. The summed E-state index contributed by atoms with van der Waals surface area (Å²) in [5.74, 6) is -0.0450. The second-order valence-corrected chi connectivity index (χ2v) is 5.01. The first kappa shape index (κ1) is 13.9. The molecule has 2 aromatic rings. The van der Waals surface area contributed by atoms with Gasteiger partial charge in [-0.05, 0) is 17.7 Å². The Kier molecular flexibility index (Phi) is 3.39. The summed E-state index contributed by atoms with van der Waals surface area (Å²) in [5, 5.41) is 17.4. The molecule has 0 fully saturated rings. The standard InChI is InChI=1S/C16H14N4O2/c1-21-11-4-9(7-20-8-11)15-12-3-2-10(18)5-14(12)22-16(19)13(15)6-17/h2-5,7-8,13,15,19H,18H2,1H3. The summed E-state index contributed by atoms with van der Waals surface area (Å²) in [5.41, 5.74) is 7.93. The van der Waals surface area contributed by atoms with E-state index in [1.807, 2.05) is 12.1 Å². The average Bonchev–Trinajstić information content (AvgIpc) is 2.53. The highest BCUT2D eigenvalue weighted by molar-refractivity contribution is 5.85. The van der Waals surface area contributed by atoms with Crippen LogP contribution >= 0.6 is 0 Å². The molecular formula is C16H14N4O2. The van der Waals surface area contributed by atoms with Gasteiger partial charge >= 0.3 is 0 Å². The van der Waals surface area contributed by atoms with Crippen molar-refractivity contribution in [3.63, 3.8) is 0 Å². The fourth-order valence-corrected chi connectivity index (χ4v) is 2.63. The van der Waals surface area contributed by atoms with Gasteiger partial charge in [-0.3, -0.25) is 10.4 Å². The van der Waals surface area contributed by atoms with Crippen LogP contribution in [-0.4, -0.2) is 18.0 Å². The molecule has 0 radical (unpaired) electrons. The molecule has 0 amide bonds. The molecule has 1 aromatic heterocycles. The lowest BCUT2D eigenvalue weighted by Crippen LogP contribution is -2.31. The van der Waals surface area contributed by atoms with Gasteiger partial charge < -0.3 is 15.2 Å². The highest BCUT2D eigenvalue weighted by Gasteiger charge is 2.37.